The van der Waals surface area contributed by atoms with Gasteiger partial charge in [0.15, 0.2) is 0 Å². The van der Waals surface area contributed by atoms with Crippen LogP contribution < -0.4 is 5.32 Å². The van der Waals surface area contributed by atoms with Crippen LogP contribution in [0.5, 0.6) is 11.5 Å². The van der Waals surface area contributed by atoms with Gasteiger partial charge in [0.1, 0.15) is 11.5 Å². The molecule has 0 spiro atoms. The largest absolute Gasteiger partial charge is 0.508 e. The molecule has 1 heterocycles. The molecule has 4 nitrogen and oxygen atoms in total. The van der Waals surface area contributed by atoms with Gasteiger partial charge in [-0.2, -0.15) is 0 Å². The van der Waals surface area contributed by atoms with Gasteiger partial charge in [0, 0.05) is 30.9 Å². The number of benzene rings is 1. The summed E-state index contributed by atoms with van der Waals surface area (Å²) in [5, 5.41) is 22.4. The van der Waals surface area contributed by atoms with E-state index in [1.807, 2.05) is 6.92 Å². The number of hydrogen-bond donors (Lipinski definition) is 3. The number of rotatable bonds is 5. The third-order valence-electron chi connectivity index (χ3n) is 3.51. The van der Waals surface area contributed by atoms with Crippen LogP contribution in [0.2, 0.25) is 0 Å². The lowest BCUT2D eigenvalue weighted by atomic mass is 10.0. The van der Waals surface area contributed by atoms with Gasteiger partial charge in [-0.05, 0) is 38.3 Å². The summed E-state index contributed by atoms with van der Waals surface area (Å²) in [5.74, 6) is 0.892. The Morgan fingerprint density at radius 3 is 2.94 bits per heavy atom. The first kappa shape index (κ1) is 13.2. The van der Waals surface area contributed by atoms with Crippen molar-refractivity contribution in [2.24, 2.45) is 5.92 Å². The molecule has 2 atom stereocenters. The molecule has 0 bridgehead atoms. The van der Waals surface area contributed by atoms with Gasteiger partial charge < -0.3 is 20.3 Å². The average Bonchev–Trinajstić information content (AvgIpc) is 2.81. The number of phenolic OH excluding ortho intramolecular Hbond substituents is 2. The van der Waals surface area contributed by atoms with E-state index in [4.69, 9.17) is 4.74 Å². The van der Waals surface area contributed by atoms with Crippen LogP contribution in [-0.4, -0.2) is 30.0 Å². The Hall–Kier alpha value is -1.26. The lowest BCUT2D eigenvalue weighted by Crippen LogP contribution is -2.22. The zero-order valence-corrected chi connectivity index (χ0v) is 10.7. The van der Waals surface area contributed by atoms with Crippen LogP contribution in [0.1, 0.15) is 31.4 Å². The van der Waals surface area contributed by atoms with Crippen LogP contribution in [0, 0.1) is 5.92 Å². The maximum Gasteiger partial charge on any atom is 0.124 e. The molecule has 3 N–H and O–H groups in total. The van der Waals surface area contributed by atoms with Crippen molar-refractivity contribution in [1.29, 1.82) is 0 Å². The molecular weight excluding hydrogens is 230 g/mol. The molecule has 1 aromatic rings. The van der Waals surface area contributed by atoms with Gasteiger partial charge in [-0.25, -0.2) is 0 Å². The topological polar surface area (TPSA) is 61.7 Å². The Morgan fingerprint density at radius 1 is 1.44 bits per heavy atom. The van der Waals surface area contributed by atoms with Crippen LogP contribution in [0.3, 0.4) is 0 Å². The molecular formula is C14H21NO3. The molecule has 0 saturated carbocycles. The molecule has 18 heavy (non-hydrogen) atoms. The van der Waals surface area contributed by atoms with Gasteiger partial charge in [0.25, 0.3) is 0 Å². The highest BCUT2D eigenvalue weighted by atomic mass is 16.5. The fraction of sp³-hybridized carbons (Fsp3) is 0.571. The zero-order valence-electron chi connectivity index (χ0n) is 10.7. The number of aromatic hydroxyl groups is 2. The van der Waals surface area contributed by atoms with E-state index in [2.05, 4.69) is 5.32 Å². The second kappa shape index (κ2) is 6.07. The molecule has 1 aliphatic heterocycles. The standard InChI is InChI=1S/C14H21NO3/c1-10(13-3-2-12(16)8-14(13)17)15-6-4-11-5-7-18-9-11/h2-3,8,10-11,15-17H,4-7,9H2,1H3. The lowest BCUT2D eigenvalue weighted by molar-refractivity contribution is 0.184. The van der Waals surface area contributed by atoms with E-state index >= 15 is 0 Å². The predicted molar refractivity (Wildman–Crippen MR) is 69.7 cm³/mol. The first-order valence-corrected chi connectivity index (χ1v) is 6.50. The van der Waals surface area contributed by atoms with Crippen molar-refractivity contribution in [3.63, 3.8) is 0 Å². The van der Waals surface area contributed by atoms with Crippen molar-refractivity contribution >= 4 is 0 Å². The predicted octanol–water partition coefficient (Wildman–Crippen LogP) is 2.18. The molecule has 0 aliphatic carbocycles. The van der Waals surface area contributed by atoms with Crippen LogP contribution in [0.25, 0.3) is 0 Å². The van der Waals surface area contributed by atoms with Crippen LogP contribution in [-0.2, 0) is 4.74 Å². The van der Waals surface area contributed by atoms with E-state index in [1.54, 1.807) is 12.1 Å². The van der Waals surface area contributed by atoms with Crippen LogP contribution in [0.4, 0.5) is 0 Å². The maximum atomic E-state index is 9.75. The summed E-state index contributed by atoms with van der Waals surface area (Å²) in [5.41, 5.74) is 0.815. The quantitative estimate of drug-likeness (QED) is 0.750. The summed E-state index contributed by atoms with van der Waals surface area (Å²) >= 11 is 0. The molecule has 1 aliphatic rings. The van der Waals surface area contributed by atoms with Crippen molar-refractivity contribution in [2.75, 3.05) is 19.8 Å². The lowest BCUT2D eigenvalue weighted by Gasteiger charge is -2.17. The Balaban J connectivity index is 1.81. The smallest absolute Gasteiger partial charge is 0.124 e. The maximum absolute atomic E-state index is 9.75. The highest BCUT2D eigenvalue weighted by molar-refractivity contribution is 5.40. The van der Waals surface area contributed by atoms with Crippen LogP contribution in [0.15, 0.2) is 18.2 Å². The molecule has 2 unspecified atom stereocenters. The minimum absolute atomic E-state index is 0.0768. The average molecular weight is 251 g/mol. The van der Waals surface area contributed by atoms with Crippen LogP contribution >= 0.6 is 0 Å². The first-order chi connectivity index (χ1) is 8.66. The normalized spacial score (nSPS) is 21.1. The molecule has 4 heteroatoms. The fourth-order valence-corrected chi connectivity index (χ4v) is 2.32. The minimum Gasteiger partial charge on any atom is -0.508 e. The molecule has 1 saturated heterocycles. The van der Waals surface area contributed by atoms with E-state index in [9.17, 15) is 10.2 Å². The van der Waals surface area contributed by atoms with Gasteiger partial charge in [0.2, 0.25) is 0 Å². The summed E-state index contributed by atoms with van der Waals surface area (Å²) in [6, 6.07) is 4.80. The first-order valence-electron chi connectivity index (χ1n) is 6.50. The van der Waals surface area contributed by atoms with Gasteiger partial charge >= 0.3 is 0 Å². The Kier molecular flexibility index (Phi) is 4.44. The molecule has 100 valence electrons. The molecule has 0 amide bonds. The summed E-state index contributed by atoms with van der Waals surface area (Å²) in [6.45, 7) is 4.69. The van der Waals surface area contributed by atoms with Gasteiger partial charge in [0.05, 0.1) is 0 Å². The Bertz CT molecular complexity index is 389. The third kappa shape index (κ3) is 3.37. The van der Waals surface area contributed by atoms with E-state index < -0.39 is 0 Å². The minimum atomic E-state index is 0.0768. The summed E-state index contributed by atoms with van der Waals surface area (Å²) in [6.07, 6.45) is 2.25. The van der Waals surface area contributed by atoms with E-state index in [-0.39, 0.29) is 17.5 Å². The summed E-state index contributed by atoms with van der Waals surface area (Å²) < 4.78 is 5.34. The zero-order chi connectivity index (χ0) is 13.0. The second-order valence-corrected chi connectivity index (χ2v) is 4.94. The number of ether oxygens (including phenoxy) is 1. The van der Waals surface area contributed by atoms with Gasteiger partial charge in [-0.15, -0.1) is 0 Å². The van der Waals surface area contributed by atoms with E-state index in [0.29, 0.717) is 5.92 Å². The van der Waals surface area contributed by atoms with Crippen molar-refractivity contribution < 1.29 is 14.9 Å². The molecule has 2 rings (SSSR count). The third-order valence-corrected chi connectivity index (χ3v) is 3.51. The van der Waals surface area contributed by atoms with Crippen molar-refractivity contribution in [1.82, 2.24) is 5.32 Å². The highest BCUT2D eigenvalue weighted by Crippen LogP contribution is 2.27. The monoisotopic (exact) mass is 251 g/mol. The summed E-state index contributed by atoms with van der Waals surface area (Å²) in [7, 11) is 0. The molecule has 0 radical (unpaired) electrons. The van der Waals surface area contributed by atoms with Gasteiger partial charge in [-0.1, -0.05) is 6.07 Å². The SMILES string of the molecule is CC(NCCC1CCOC1)c1ccc(O)cc1O. The van der Waals surface area contributed by atoms with Crippen molar-refractivity contribution in [3.8, 4) is 11.5 Å². The Labute approximate surface area is 108 Å². The fourth-order valence-electron chi connectivity index (χ4n) is 2.32. The van der Waals surface area contributed by atoms with Gasteiger partial charge in [-0.3, -0.25) is 0 Å². The van der Waals surface area contributed by atoms with E-state index in [0.717, 1.165) is 38.2 Å². The number of nitrogens with one attached hydrogen (secondary N) is 1. The van der Waals surface area contributed by atoms with E-state index in [1.165, 1.54) is 6.07 Å². The summed E-state index contributed by atoms with van der Waals surface area (Å²) in [4.78, 5) is 0. The molecule has 1 fully saturated rings. The molecule has 1 aromatic carbocycles. The highest BCUT2D eigenvalue weighted by Gasteiger charge is 2.16. The number of hydrogen-bond acceptors (Lipinski definition) is 4. The molecule has 0 aromatic heterocycles. The Morgan fingerprint density at radius 2 is 2.28 bits per heavy atom. The van der Waals surface area contributed by atoms with Crippen molar-refractivity contribution in [3.05, 3.63) is 23.8 Å². The second-order valence-electron chi connectivity index (χ2n) is 4.94. The number of phenols is 2. The van der Waals surface area contributed by atoms with Crippen molar-refractivity contribution in [2.45, 2.75) is 25.8 Å².